The lowest BCUT2D eigenvalue weighted by Gasteiger charge is -2.21. The van der Waals surface area contributed by atoms with Gasteiger partial charge in [-0.25, -0.2) is 0 Å². The SMILES string of the molecule is CN(C(=O)C1CCCC1)c1cccc(O)c1. The fourth-order valence-electron chi connectivity index (χ4n) is 2.28. The van der Waals surface area contributed by atoms with Gasteiger partial charge in [-0.2, -0.15) is 0 Å². The molecule has 1 aliphatic rings. The maximum absolute atomic E-state index is 12.1. The summed E-state index contributed by atoms with van der Waals surface area (Å²) in [6.07, 6.45) is 4.32. The number of phenolic OH excluding ortho intramolecular Hbond substituents is 1. The Morgan fingerprint density at radius 1 is 1.38 bits per heavy atom. The van der Waals surface area contributed by atoms with Crippen LogP contribution in [0.5, 0.6) is 5.75 Å². The Kier molecular flexibility index (Phi) is 3.13. The monoisotopic (exact) mass is 219 g/mol. The molecule has 0 aliphatic heterocycles. The first-order valence-electron chi connectivity index (χ1n) is 5.75. The predicted molar refractivity (Wildman–Crippen MR) is 63.5 cm³/mol. The number of rotatable bonds is 2. The molecule has 86 valence electrons. The van der Waals surface area contributed by atoms with Crippen molar-refractivity contribution in [3.63, 3.8) is 0 Å². The molecule has 1 saturated carbocycles. The van der Waals surface area contributed by atoms with Gasteiger partial charge in [-0.15, -0.1) is 0 Å². The molecule has 0 spiro atoms. The zero-order chi connectivity index (χ0) is 11.5. The quantitative estimate of drug-likeness (QED) is 0.830. The van der Waals surface area contributed by atoms with E-state index in [1.54, 1.807) is 30.1 Å². The van der Waals surface area contributed by atoms with Gasteiger partial charge in [-0.3, -0.25) is 4.79 Å². The van der Waals surface area contributed by atoms with Crippen molar-refractivity contribution in [2.24, 2.45) is 5.92 Å². The van der Waals surface area contributed by atoms with Gasteiger partial charge in [0.05, 0.1) is 0 Å². The Morgan fingerprint density at radius 3 is 2.69 bits per heavy atom. The molecule has 1 aromatic rings. The van der Waals surface area contributed by atoms with Crippen LogP contribution in [0.4, 0.5) is 5.69 Å². The Morgan fingerprint density at radius 2 is 2.06 bits per heavy atom. The number of hydrogen-bond donors (Lipinski definition) is 1. The highest BCUT2D eigenvalue weighted by atomic mass is 16.3. The minimum Gasteiger partial charge on any atom is -0.508 e. The molecule has 0 unspecified atom stereocenters. The molecule has 3 heteroatoms. The highest BCUT2D eigenvalue weighted by Gasteiger charge is 2.26. The van der Waals surface area contributed by atoms with Crippen LogP contribution in [0.25, 0.3) is 0 Å². The summed E-state index contributed by atoms with van der Waals surface area (Å²) in [6.45, 7) is 0. The molecular weight excluding hydrogens is 202 g/mol. The van der Waals surface area contributed by atoms with E-state index in [1.165, 1.54) is 0 Å². The van der Waals surface area contributed by atoms with Gasteiger partial charge < -0.3 is 10.0 Å². The van der Waals surface area contributed by atoms with Crippen molar-refractivity contribution in [1.82, 2.24) is 0 Å². The second kappa shape index (κ2) is 4.56. The summed E-state index contributed by atoms with van der Waals surface area (Å²) >= 11 is 0. The molecule has 1 amide bonds. The van der Waals surface area contributed by atoms with Crippen LogP contribution in [0.3, 0.4) is 0 Å². The fourth-order valence-corrected chi connectivity index (χ4v) is 2.28. The maximum atomic E-state index is 12.1. The number of anilines is 1. The lowest BCUT2D eigenvalue weighted by Crippen LogP contribution is -2.31. The number of benzene rings is 1. The van der Waals surface area contributed by atoms with Crippen LogP contribution in [0.15, 0.2) is 24.3 Å². The first kappa shape index (κ1) is 11.0. The van der Waals surface area contributed by atoms with Gasteiger partial charge in [0, 0.05) is 24.7 Å². The van der Waals surface area contributed by atoms with E-state index in [1.807, 2.05) is 6.07 Å². The van der Waals surface area contributed by atoms with Crippen LogP contribution in [-0.4, -0.2) is 18.1 Å². The van der Waals surface area contributed by atoms with Gasteiger partial charge in [0.25, 0.3) is 0 Å². The van der Waals surface area contributed by atoms with E-state index in [2.05, 4.69) is 0 Å². The Hall–Kier alpha value is -1.51. The molecule has 16 heavy (non-hydrogen) atoms. The second-order valence-corrected chi connectivity index (χ2v) is 4.40. The third kappa shape index (κ3) is 2.18. The largest absolute Gasteiger partial charge is 0.508 e. The van der Waals surface area contributed by atoms with Gasteiger partial charge in [0.1, 0.15) is 5.75 Å². The molecule has 1 aromatic carbocycles. The summed E-state index contributed by atoms with van der Waals surface area (Å²) in [5.74, 6) is 0.541. The zero-order valence-electron chi connectivity index (χ0n) is 9.52. The molecule has 0 atom stereocenters. The molecule has 0 heterocycles. The third-order valence-electron chi connectivity index (χ3n) is 3.25. The molecule has 1 N–H and O–H groups in total. The summed E-state index contributed by atoms with van der Waals surface area (Å²) in [5.41, 5.74) is 0.761. The molecule has 1 aliphatic carbocycles. The number of amides is 1. The molecule has 0 bridgehead atoms. The van der Waals surface area contributed by atoms with Crippen LogP contribution >= 0.6 is 0 Å². The minimum absolute atomic E-state index is 0.170. The van der Waals surface area contributed by atoms with E-state index >= 15 is 0 Å². The van der Waals surface area contributed by atoms with Crippen molar-refractivity contribution in [3.8, 4) is 5.75 Å². The normalized spacial score (nSPS) is 16.3. The Bertz CT molecular complexity index is 383. The molecule has 0 radical (unpaired) electrons. The molecule has 0 saturated heterocycles. The van der Waals surface area contributed by atoms with E-state index in [0.717, 1.165) is 31.4 Å². The van der Waals surface area contributed by atoms with Crippen molar-refractivity contribution in [2.45, 2.75) is 25.7 Å². The van der Waals surface area contributed by atoms with Gasteiger partial charge in [0.15, 0.2) is 0 Å². The number of aromatic hydroxyl groups is 1. The van der Waals surface area contributed by atoms with Gasteiger partial charge in [-0.1, -0.05) is 18.9 Å². The number of phenols is 1. The van der Waals surface area contributed by atoms with Crippen molar-refractivity contribution in [1.29, 1.82) is 0 Å². The number of carbonyl (C=O) groups excluding carboxylic acids is 1. The highest BCUT2D eigenvalue weighted by Crippen LogP contribution is 2.28. The lowest BCUT2D eigenvalue weighted by atomic mass is 10.1. The molecule has 2 rings (SSSR count). The summed E-state index contributed by atoms with van der Waals surface area (Å²) in [5, 5.41) is 9.37. The number of hydrogen-bond acceptors (Lipinski definition) is 2. The predicted octanol–water partition coefficient (Wildman–Crippen LogP) is 2.55. The summed E-state index contributed by atoms with van der Waals surface area (Å²) in [7, 11) is 1.77. The molecular formula is C13H17NO2. The average Bonchev–Trinajstić information content (AvgIpc) is 2.80. The molecule has 0 aromatic heterocycles. The zero-order valence-corrected chi connectivity index (χ0v) is 9.52. The fraction of sp³-hybridized carbons (Fsp3) is 0.462. The van der Waals surface area contributed by atoms with Crippen LogP contribution < -0.4 is 4.90 Å². The van der Waals surface area contributed by atoms with Crippen molar-refractivity contribution >= 4 is 11.6 Å². The second-order valence-electron chi connectivity index (χ2n) is 4.40. The Balaban J connectivity index is 2.11. The minimum atomic E-state index is 0.170. The van der Waals surface area contributed by atoms with Gasteiger partial charge >= 0.3 is 0 Å². The number of nitrogens with zero attached hydrogens (tertiary/aromatic N) is 1. The summed E-state index contributed by atoms with van der Waals surface area (Å²) in [6, 6.07) is 6.82. The summed E-state index contributed by atoms with van der Waals surface area (Å²) in [4.78, 5) is 13.7. The first-order valence-corrected chi connectivity index (χ1v) is 5.75. The van der Waals surface area contributed by atoms with Crippen LogP contribution in [-0.2, 0) is 4.79 Å². The van der Waals surface area contributed by atoms with E-state index < -0.39 is 0 Å². The van der Waals surface area contributed by atoms with Gasteiger partial charge in [-0.05, 0) is 25.0 Å². The molecule has 3 nitrogen and oxygen atoms in total. The average molecular weight is 219 g/mol. The van der Waals surface area contributed by atoms with Crippen molar-refractivity contribution < 1.29 is 9.90 Å². The number of carbonyl (C=O) groups is 1. The van der Waals surface area contributed by atoms with E-state index in [4.69, 9.17) is 0 Å². The van der Waals surface area contributed by atoms with Crippen LogP contribution in [0, 0.1) is 5.92 Å². The van der Waals surface area contributed by atoms with E-state index in [9.17, 15) is 9.90 Å². The Labute approximate surface area is 95.7 Å². The smallest absolute Gasteiger partial charge is 0.229 e. The van der Waals surface area contributed by atoms with Crippen molar-refractivity contribution in [2.75, 3.05) is 11.9 Å². The topological polar surface area (TPSA) is 40.5 Å². The third-order valence-corrected chi connectivity index (χ3v) is 3.25. The van der Waals surface area contributed by atoms with Crippen LogP contribution in [0.2, 0.25) is 0 Å². The van der Waals surface area contributed by atoms with Gasteiger partial charge in [0.2, 0.25) is 5.91 Å². The lowest BCUT2D eigenvalue weighted by molar-refractivity contribution is -0.121. The van der Waals surface area contributed by atoms with Crippen LogP contribution in [0.1, 0.15) is 25.7 Å². The standard InChI is InChI=1S/C13H17NO2/c1-14(11-7-4-8-12(15)9-11)13(16)10-5-2-3-6-10/h4,7-10,15H,2-3,5-6H2,1H3. The molecule has 1 fully saturated rings. The summed E-state index contributed by atoms with van der Waals surface area (Å²) < 4.78 is 0. The first-order chi connectivity index (χ1) is 7.68. The highest BCUT2D eigenvalue weighted by molar-refractivity contribution is 5.94. The van der Waals surface area contributed by atoms with E-state index in [0.29, 0.717) is 0 Å². The van der Waals surface area contributed by atoms with Crippen molar-refractivity contribution in [3.05, 3.63) is 24.3 Å². The maximum Gasteiger partial charge on any atom is 0.229 e. The van der Waals surface area contributed by atoms with E-state index in [-0.39, 0.29) is 17.6 Å².